The van der Waals surface area contributed by atoms with Crippen molar-refractivity contribution in [3.63, 3.8) is 0 Å². The minimum absolute atomic E-state index is 0.00898. The van der Waals surface area contributed by atoms with E-state index in [4.69, 9.17) is 23.2 Å². The van der Waals surface area contributed by atoms with Gasteiger partial charge >= 0.3 is 0 Å². The van der Waals surface area contributed by atoms with Crippen molar-refractivity contribution in [2.45, 2.75) is 31.1 Å². The van der Waals surface area contributed by atoms with E-state index in [1.165, 1.54) is 22.5 Å². The lowest BCUT2D eigenvalue weighted by Gasteiger charge is -2.30. The molecular formula is C15H20Cl2N2O3S. The fourth-order valence-corrected chi connectivity index (χ4v) is 4.77. The number of sulfonamides is 1. The van der Waals surface area contributed by atoms with Crippen molar-refractivity contribution in [3.8, 4) is 0 Å². The van der Waals surface area contributed by atoms with Crippen LogP contribution in [0.15, 0.2) is 23.1 Å². The Hall–Kier alpha value is -0.820. The van der Waals surface area contributed by atoms with Crippen molar-refractivity contribution < 1.29 is 13.2 Å². The number of benzene rings is 1. The van der Waals surface area contributed by atoms with E-state index in [0.717, 1.165) is 6.42 Å². The Balaban J connectivity index is 2.05. The van der Waals surface area contributed by atoms with E-state index in [0.29, 0.717) is 32.5 Å². The second-order valence-corrected chi connectivity index (χ2v) is 8.39. The van der Waals surface area contributed by atoms with Gasteiger partial charge in [-0.15, -0.1) is 0 Å². The predicted molar refractivity (Wildman–Crippen MR) is 91.2 cm³/mol. The van der Waals surface area contributed by atoms with Crippen LogP contribution >= 0.6 is 23.2 Å². The van der Waals surface area contributed by atoms with E-state index in [2.05, 4.69) is 5.32 Å². The zero-order valence-electron chi connectivity index (χ0n) is 12.9. The predicted octanol–water partition coefficient (Wildman–Crippen LogP) is 2.92. The molecular weight excluding hydrogens is 359 g/mol. The van der Waals surface area contributed by atoms with Gasteiger partial charge in [0, 0.05) is 35.6 Å². The molecule has 0 radical (unpaired) electrons. The minimum atomic E-state index is -3.64. The van der Waals surface area contributed by atoms with Gasteiger partial charge in [0.15, 0.2) is 0 Å². The second-order valence-electron chi connectivity index (χ2n) is 5.57. The molecule has 0 spiro atoms. The molecule has 1 amide bonds. The molecule has 0 unspecified atom stereocenters. The van der Waals surface area contributed by atoms with Crippen LogP contribution in [0.1, 0.15) is 26.2 Å². The average Bonchev–Trinajstić information content (AvgIpc) is 2.51. The number of carbonyl (C=O) groups excluding carboxylic acids is 1. The maximum absolute atomic E-state index is 12.6. The number of amides is 1. The van der Waals surface area contributed by atoms with Gasteiger partial charge in [-0.25, -0.2) is 8.42 Å². The second kappa shape index (κ2) is 7.83. The highest BCUT2D eigenvalue weighted by molar-refractivity contribution is 7.89. The van der Waals surface area contributed by atoms with Crippen LogP contribution in [0.4, 0.5) is 0 Å². The molecule has 1 fully saturated rings. The van der Waals surface area contributed by atoms with Gasteiger partial charge < -0.3 is 5.32 Å². The molecule has 0 bridgehead atoms. The molecule has 0 saturated carbocycles. The molecule has 1 aromatic carbocycles. The van der Waals surface area contributed by atoms with Gasteiger partial charge in [0.05, 0.1) is 4.90 Å². The van der Waals surface area contributed by atoms with Crippen LogP contribution in [-0.2, 0) is 14.8 Å². The summed E-state index contributed by atoms with van der Waals surface area (Å²) in [7, 11) is -3.64. The summed E-state index contributed by atoms with van der Waals surface area (Å²) in [4.78, 5) is 12.0. The van der Waals surface area contributed by atoms with E-state index in [-0.39, 0.29) is 26.8 Å². The van der Waals surface area contributed by atoms with Crippen molar-refractivity contribution in [3.05, 3.63) is 28.2 Å². The van der Waals surface area contributed by atoms with Gasteiger partial charge in [-0.1, -0.05) is 30.1 Å². The van der Waals surface area contributed by atoms with Crippen LogP contribution in [0, 0.1) is 5.92 Å². The molecule has 2 rings (SSSR count). The first-order chi connectivity index (χ1) is 10.8. The van der Waals surface area contributed by atoms with Crippen molar-refractivity contribution in [2.24, 2.45) is 5.92 Å². The summed E-state index contributed by atoms with van der Waals surface area (Å²) in [6, 6.07) is 4.28. The van der Waals surface area contributed by atoms with Gasteiger partial charge in [0.1, 0.15) is 0 Å². The van der Waals surface area contributed by atoms with Crippen LogP contribution < -0.4 is 5.32 Å². The molecule has 1 saturated heterocycles. The first kappa shape index (κ1) is 18.5. The van der Waals surface area contributed by atoms with Gasteiger partial charge in [-0.2, -0.15) is 4.31 Å². The molecule has 8 heteroatoms. The Bertz CT molecular complexity index is 651. The van der Waals surface area contributed by atoms with Crippen molar-refractivity contribution in [1.29, 1.82) is 0 Å². The third kappa shape index (κ3) is 4.59. The first-order valence-electron chi connectivity index (χ1n) is 7.58. The van der Waals surface area contributed by atoms with Crippen LogP contribution in [0.2, 0.25) is 10.0 Å². The Morgan fingerprint density at radius 2 is 1.78 bits per heavy atom. The van der Waals surface area contributed by atoms with E-state index >= 15 is 0 Å². The highest BCUT2D eigenvalue weighted by atomic mass is 35.5. The average molecular weight is 379 g/mol. The van der Waals surface area contributed by atoms with Crippen molar-refractivity contribution >= 4 is 39.1 Å². The molecule has 1 aromatic rings. The first-order valence-corrected chi connectivity index (χ1v) is 9.78. The molecule has 128 valence electrons. The lowest BCUT2D eigenvalue weighted by Crippen LogP contribution is -2.43. The highest BCUT2D eigenvalue weighted by Gasteiger charge is 2.32. The number of rotatable bonds is 5. The van der Waals surface area contributed by atoms with E-state index < -0.39 is 10.0 Å². The molecule has 0 aliphatic carbocycles. The molecule has 1 aliphatic heterocycles. The third-order valence-electron chi connectivity index (χ3n) is 3.85. The van der Waals surface area contributed by atoms with Crippen LogP contribution in [0.25, 0.3) is 0 Å². The lowest BCUT2D eigenvalue weighted by atomic mass is 9.97. The molecule has 23 heavy (non-hydrogen) atoms. The Kier molecular flexibility index (Phi) is 6.31. The summed E-state index contributed by atoms with van der Waals surface area (Å²) in [6.07, 6.45) is 1.92. The number of hydrogen-bond donors (Lipinski definition) is 1. The largest absolute Gasteiger partial charge is 0.356 e. The van der Waals surface area contributed by atoms with E-state index in [1.807, 2.05) is 6.92 Å². The number of nitrogens with one attached hydrogen (secondary N) is 1. The summed E-state index contributed by atoms with van der Waals surface area (Å²) in [5.74, 6) is -0.120. The topological polar surface area (TPSA) is 66.5 Å². The van der Waals surface area contributed by atoms with E-state index in [1.54, 1.807) is 0 Å². The summed E-state index contributed by atoms with van der Waals surface area (Å²) in [5.41, 5.74) is 0. The monoisotopic (exact) mass is 378 g/mol. The molecule has 0 atom stereocenters. The summed E-state index contributed by atoms with van der Waals surface area (Å²) >= 11 is 11.8. The Labute approximate surface area is 147 Å². The van der Waals surface area contributed by atoms with Gasteiger partial charge in [0.25, 0.3) is 0 Å². The number of piperidine rings is 1. The molecule has 1 heterocycles. The fourth-order valence-electron chi connectivity index (χ4n) is 2.58. The SMILES string of the molecule is CCCNC(=O)C1CCN(S(=O)(=O)c2cc(Cl)cc(Cl)c2)CC1. The number of hydrogen-bond acceptors (Lipinski definition) is 3. The van der Waals surface area contributed by atoms with Crippen LogP contribution in [0.3, 0.4) is 0 Å². The third-order valence-corrected chi connectivity index (χ3v) is 6.16. The number of carbonyl (C=O) groups is 1. The zero-order valence-corrected chi connectivity index (χ0v) is 15.2. The highest BCUT2D eigenvalue weighted by Crippen LogP contribution is 2.28. The normalized spacial score (nSPS) is 17.2. The fraction of sp³-hybridized carbons (Fsp3) is 0.533. The van der Waals surface area contributed by atoms with Crippen molar-refractivity contribution in [1.82, 2.24) is 9.62 Å². The quantitative estimate of drug-likeness (QED) is 0.856. The lowest BCUT2D eigenvalue weighted by molar-refractivity contribution is -0.126. The molecule has 1 N–H and O–H groups in total. The van der Waals surface area contributed by atoms with Crippen molar-refractivity contribution in [2.75, 3.05) is 19.6 Å². The van der Waals surface area contributed by atoms with Gasteiger partial charge in [-0.3, -0.25) is 4.79 Å². The van der Waals surface area contributed by atoms with Gasteiger partial charge in [-0.05, 0) is 37.5 Å². The Morgan fingerprint density at radius 3 is 2.30 bits per heavy atom. The van der Waals surface area contributed by atoms with Crippen LogP contribution in [-0.4, -0.2) is 38.3 Å². The zero-order chi connectivity index (χ0) is 17.0. The summed E-state index contributed by atoms with van der Waals surface area (Å²) in [6.45, 7) is 3.28. The Morgan fingerprint density at radius 1 is 1.22 bits per heavy atom. The van der Waals surface area contributed by atoms with E-state index in [9.17, 15) is 13.2 Å². The molecule has 0 aromatic heterocycles. The number of nitrogens with zero attached hydrogens (tertiary/aromatic N) is 1. The molecule has 1 aliphatic rings. The standard InChI is InChI=1S/C15H20Cl2N2O3S/c1-2-5-18-15(20)11-3-6-19(7-4-11)23(21,22)14-9-12(16)8-13(17)10-14/h8-11H,2-7H2,1H3,(H,18,20). The smallest absolute Gasteiger partial charge is 0.243 e. The summed E-state index contributed by atoms with van der Waals surface area (Å²) < 4.78 is 26.7. The van der Waals surface area contributed by atoms with Crippen LogP contribution in [0.5, 0.6) is 0 Å². The number of halogens is 2. The summed E-state index contributed by atoms with van der Waals surface area (Å²) in [5, 5.41) is 3.43. The maximum Gasteiger partial charge on any atom is 0.243 e. The van der Waals surface area contributed by atoms with Gasteiger partial charge in [0.2, 0.25) is 15.9 Å². The molecule has 5 nitrogen and oxygen atoms in total. The maximum atomic E-state index is 12.6. The minimum Gasteiger partial charge on any atom is -0.356 e.